The van der Waals surface area contributed by atoms with Gasteiger partial charge in [-0.25, -0.2) is 0 Å². The molecule has 3 N–H and O–H groups in total. The van der Waals surface area contributed by atoms with Crippen LogP contribution < -0.4 is 11.1 Å². The Labute approximate surface area is 117 Å². The van der Waals surface area contributed by atoms with Crippen molar-refractivity contribution >= 4 is 18.3 Å². The summed E-state index contributed by atoms with van der Waals surface area (Å²) in [4.78, 5) is 13.2. The number of benzene rings is 1. The zero-order valence-electron chi connectivity index (χ0n) is 10.5. The second kappa shape index (κ2) is 6.86. The molecule has 0 radical (unpaired) electrons. The van der Waals surface area contributed by atoms with E-state index in [-0.39, 0.29) is 30.0 Å². The standard InChI is InChI=1S/C12H15N5O.ClH/c1-9(7-13)15-12(18)11-8-14-17(16-11)10-5-3-2-4-6-10;/h2-6,8-9H,7,13H2,1H3,(H,15,18);1H/t9-;/m0./s1. The van der Waals surface area contributed by atoms with Gasteiger partial charge < -0.3 is 11.1 Å². The predicted molar refractivity (Wildman–Crippen MR) is 74.6 cm³/mol. The van der Waals surface area contributed by atoms with Gasteiger partial charge in [-0.05, 0) is 19.1 Å². The minimum atomic E-state index is -0.268. The van der Waals surface area contributed by atoms with Gasteiger partial charge in [0.05, 0.1) is 11.9 Å². The van der Waals surface area contributed by atoms with E-state index >= 15 is 0 Å². The van der Waals surface area contributed by atoms with E-state index in [0.717, 1.165) is 5.69 Å². The first-order chi connectivity index (χ1) is 8.70. The molecule has 2 aromatic rings. The Morgan fingerprint density at radius 1 is 1.42 bits per heavy atom. The zero-order chi connectivity index (χ0) is 13.0. The summed E-state index contributed by atoms with van der Waals surface area (Å²) in [6, 6.07) is 9.32. The first kappa shape index (κ1) is 15.1. The SMILES string of the molecule is C[C@@H](CN)NC(=O)c1cnn(-c2ccccc2)n1.Cl. The topological polar surface area (TPSA) is 85.8 Å². The lowest BCUT2D eigenvalue weighted by molar-refractivity contribution is 0.0936. The van der Waals surface area contributed by atoms with Crippen LogP contribution in [0.5, 0.6) is 0 Å². The number of para-hydroxylation sites is 1. The molecule has 0 bridgehead atoms. The second-order valence-electron chi connectivity index (χ2n) is 3.97. The monoisotopic (exact) mass is 281 g/mol. The fourth-order valence-corrected chi connectivity index (χ4v) is 1.41. The van der Waals surface area contributed by atoms with Crippen molar-refractivity contribution in [1.82, 2.24) is 20.3 Å². The number of nitrogens with two attached hydrogens (primary N) is 1. The molecule has 1 heterocycles. The van der Waals surface area contributed by atoms with E-state index in [2.05, 4.69) is 15.5 Å². The Morgan fingerprint density at radius 2 is 2.11 bits per heavy atom. The third-order valence-corrected chi connectivity index (χ3v) is 2.44. The minimum Gasteiger partial charge on any atom is -0.347 e. The number of carbonyl (C=O) groups excluding carboxylic acids is 1. The predicted octanol–water partition coefficient (Wildman–Crippen LogP) is 0.766. The summed E-state index contributed by atoms with van der Waals surface area (Å²) in [5.41, 5.74) is 6.52. The molecule has 0 unspecified atom stereocenters. The van der Waals surface area contributed by atoms with Gasteiger partial charge in [-0.3, -0.25) is 4.79 Å². The molecule has 0 saturated carbocycles. The van der Waals surface area contributed by atoms with E-state index in [9.17, 15) is 4.79 Å². The molecule has 0 aliphatic carbocycles. The number of hydrogen-bond acceptors (Lipinski definition) is 4. The molecule has 0 saturated heterocycles. The lowest BCUT2D eigenvalue weighted by Crippen LogP contribution is -2.38. The van der Waals surface area contributed by atoms with Crippen molar-refractivity contribution in [3.63, 3.8) is 0 Å². The van der Waals surface area contributed by atoms with E-state index in [1.165, 1.54) is 11.0 Å². The molecule has 0 spiro atoms. The van der Waals surface area contributed by atoms with Crippen LogP contribution in [0.2, 0.25) is 0 Å². The Kier molecular flexibility index (Phi) is 5.47. The molecule has 1 aromatic heterocycles. The van der Waals surface area contributed by atoms with Crippen molar-refractivity contribution in [2.45, 2.75) is 13.0 Å². The van der Waals surface area contributed by atoms with Gasteiger partial charge in [0.1, 0.15) is 0 Å². The van der Waals surface area contributed by atoms with Crippen molar-refractivity contribution in [2.24, 2.45) is 5.73 Å². The normalized spacial score (nSPS) is 11.5. The van der Waals surface area contributed by atoms with E-state index in [0.29, 0.717) is 6.54 Å². The third kappa shape index (κ3) is 3.77. The molecule has 0 aliphatic heterocycles. The van der Waals surface area contributed by atoms with Crippen molar-refractivity contribution in [3.8, 4) is 5.69 Å². The summed E-state index contributed by atoms with van der Waals surface area (Å²) in [5, 5.41) is 10.9. The highest BCUT2D eigenvalue weighted by molar-refractivity contribution is 5.92. The first-order valence-corrected chi connectivity index (χ1v) is 5.69. The number of rotatable bonds is 4. The fourth-order valence-electron chi connectivity index (χ4n) is 1.41. The summed E-state index contributed by atoms with van der Waals surface area (Å²) in [6.45, 7) is 2.22. The maximum atomic E-state index is 11.8. The van der Waals surface area contributed by atoms with Gasteiger partial charge in [-0.15, -0.1) is 17.5 Å². The summed E-state index contributed by atoms with van der Waals surface area (Å²) < 4.78 is 0. The van der Waals surface area contributed by atoms with E-state index in [1.54, 1.807) is 0 Å². The molecule has 1 atom stereocenters. The Hall–Kier alpha value is -1.92. The van der Waals surface area contributed by atoms with Crippen LogP contribution in [-0.4, -0.2) is 33.5 Å². The highest BCUT2D eigenvalue weighted by Gasteiger charge is 2.13. The lowest BCUT2D eigenvalue weighted by atomic mass is 10.3. The Balaban J connectivity index is 0.00000180. The largest absolute Gasteiger partial charge is 0.347 e. The lowest BCUT2D eigenvalue weighted by Gasteiger charge is -2.08. The average molecular weight is 282 g/mol. The Bertz CT molecular complexity index is 528. The van der Waals surface area contributed by atoms with Crippen LogP contribution >= 0.6 is 12.4 Å². The van der Waals surface area contributed by atoms with Gasteiger partial charge in [-0.2, -0.15) is 9.90 Å². The summed E-state index contributed by atoms with van der Waals surface area (Å²) in [5.74, 6) is -0.268. The maximum absolute atomic E-state index is 11.8. The van der Waals surface area contributed by atoms with Crippen LogP contribution in [0.25, 0.3) is 5.69 Å². The zero-order valence-corrected chi connectivity index (χ0v) is 11.3. The number of nitrogens with zero attached hydrogens (tertiary/aromatic N) is 3. The van der Waals surface area contributed by atoms with Crippen LogP contribution in [0, 0.1) is 0 Å². The fraction of sp³-hybridized carbons (Fsp3) is 0.250. The van der Waals surface area contributed by atoms with Crippen molar-refractivity contribution in [2.75, 3.05) is 6.54 Å². The molecule has 7 heteroatoms. The number of hydrogen-bond donors (Lipinski definition) is 2. The van der Waals surface area contributed by atoms with E-state index < -0.39 is 0 Å². The number of aromatic nitrogens is 3. The summed E-state index contributed by atoms with van der Waals surface area (Å²) in [6.07, 6.45) is 1.44. The van der Waals surface area contributed by atoms with Crippen LogP contribution in [0.3, 0.4) is 0 Å². The van der Waals surface area contributed by atoms with Crippen molar-refractivity contribution in [3.05, 3.63) is 42.2 Å². The van der Waals surface area contributed by atoms with Gasteiger partial charge in [-0.1, -0.05) is 18.2 Å². The molecule has 2 rings (SSSR count). The number of nitrogens with one attached hydrogen (secondary N) is 1. The molecule has 19 heavy (non-hydrogen) atoms. The average Bonchev–Trinajstić information content (AvgIpc) is 2.89. The van der Waals surface area contributed by atoms with Gasteiger partial charge in [0, 0.05) is 12.6 Å². The first-order valence-electron chi connectivity index (χ1n) is 5.69. The van der Waals surface area contributed by atoms with Gasteiger partial charge in [0.25, 0.3) is 5.91 Å². The molecule has 0 aliphatic rings. The smallest absolute Gasteiger partial charge is 0.273 e. The second-order valence-corrected chi connectivity index (χ2v) is 3.97. The molecule has 0 fully saturated rings. The van der Waals surface area contributed by atoms with Crippen LogP contribution in [-0.2, 0) is 0 Å². The quantitative estimate of drug-likeness (QED) is 0.867. The minimum absolute atomic E-state index is 0. The molecular weight excluding hydrogens is 266 g/mol. The number of amides is 1. The highest BCUT2D eigenvalue weighted by Crippen LogP contribution is 2.04. The molecule has 1 amide bonds. The van der Waals surface area contributed by atoms with Crippen LogP contribution in [0.15, 0.2) is 36.5 Å². The number of halogens is 1. The summed E-state index contributed by atoms with van der Waals surface area (Å²) in [7, 11) is 0. The number of carbonyl (C=O) groups is 1. The van der Waals surface area contributed by atoms with Gasteiger partial charge in [0.2, 0.25) is 0 Å². The molecular formula is C12H16ClN5O. The van der Waals surface area contributed by atoms with Gasteiger partial charge >= 0.3 is 0 Å². The van der Waals surface area contributed by atoms with Crippen molar-refractivity contribution < 1.29 is 4.79 Å². The maximum Gasteiger partial charge on any atom is 0.273 e. The Morgan fingerprint density at radius 3 is 2.74 bits per heavy atom. The van der Waals surface area contributed by atoms with E-state index in [4.69, 9.17) is 5.73 Å². The van der Waals surface area contributed by atoms with Gasteiger partial charge in [0.15, 0.2) is 5.69 Å². The third-order valence-electron chi connectivity index (χ3n) is 2.44. The van der Waals surface area contributed by atoms with Crippen LogP contribution in [0.4, 0.5) is 0 Å². The molecule has 1 aromatic carbocycles. The highest BCUT2D eigenvalue weighted by atomic mass is 35.5. The van der Waals surface area contributed by atoms with Crippen molar-refractivity contribution in [1.29, 1.82) is 0 Å². The molecule has 6 nitrogen and oxygen atoms in total. The van der Waals surface area contributed by atoms with Crippen LogP contribution in [0.1, 0.15) is 17.4 Å². The molecule has 102 valence electrons. The summed E-state index contributed by atoms with van der Waals surface area (Å²) >= 11 is 0. The van der Waals surface area contributed by atoms with E-state index in [1.807, 2.05) is 37.3 Å².